The third kappa shape index (κ3) is 3.24. The molecular weight excluding hydrogens is 357 g/mol. The largest absolute Gasteiger partial charge is 0.313 e. The predicted molar refractivity (Wildman–Crippen MR) is 102 cm³/mol. The van der Waals surface area contributed by atoms with Crippen LogP contribution in [-0.4, -0.2) is 14.9 Å². The van der Waals surface area contributed by atoms with Gasteiger partial charge in [0.25, 0.3) is 0 Å². The first-order valence-electron chi connectivity index (χ1n) is 8.14. The first-order valence-corrected chi connectivity index (χ1v) is 8.89. The van der Waals surface area contributed by atoms with Gasteiger partial charge < -0.3 is 9.13 Å². The van der Waals surface area contributed by atoms with E-state index in [2.05, 4.69) is 13.0 Å². The number of carbonyl (C=O) groups is 1. The molecule has 0 radical (unpaired) electrons. The van der Waals surface area contributed by atoms with Gasteiger partial charge in [-0.3, -0.25) is 10.2 Å². The molecule has 2 aromatic carbocycles. The molecule has 6 heteroatoms. The van der Waals surface area contributed by atoms with E-state index in [9.17, 15) is 4.79 Å². The van der Waals surface area contributed by atoms with Crippen molar-refractivity contribution in [2.45, 2.75) is 26.3 Å². The van der Waals surface area contributed by atoms with Crippen molar-refractivity contribution in [1.82, 2.24) is 9.13 Å². The minimum atomic E-state index is -0.145. The van der Waals surface area contributed by atoms with Gasteiger partial charge in [-0.15, -0.1) is 0 Å². The number of ketones is 1. The topological polar surface area (TPSA) is 50.8 Å². The summed E-state index contributed by atoms with van der Waals surface area (Å²) in [5.41, 5.74) is 3.78. The number of aryl methyl sites for hydroxylation is 2. The summed E-state index contributed by atoms with van der Waals surface area (Å²) in [7, 11) is 1.86. The van der Waals surface area contributed by atoms with Gasteiger partial charge in [0.2, 0.25) is 5.62 Å². The molecule has 0 atom stereocenters. The number of Topliss-reactive ketones (excluding diaryl/α,β-unsaturated/α-hetero) is 1. The molecule has 0 unspecified atom stereocenters. The molecule has 0 aliphatic carbocycles. The summed E-state index contributed by atoms with van der Waals surface area (Å²) < 4.78 is 3.55. The molecule has 0 aliphatic rings. The highest BCUT2D eigenvalue weighted by atomic mass is 35.5. The van der Waals surface area contributed by atoms with Crippen LogP contribution in [0.1, 0.15) is 29.3 Å². The number of aromatic nitrogens is 2. The van der Waals surface area contributed by atoms with Crippen LogP contribution in [0.15, 0.2) is 36.4 Å². The van der Waals surface area contributed by atoms with Gasteiger partial charge >= 0.3 is 0 Å². The normalized spacial score (nSPS) is 11.2. The lowest BCUT2D eigenvalue weighted by Crippen LogP contribution is -2.26. The average molecular weight is 376 g/mol. The minimum Gasteiger partial charge on any atom is -0.313 e. The number of benzene rings is 2. The Labute approximate surface area is 156 Å². The number of imidazole rings is 1. The summed E-state index contributed by atoms with van der Waals surface area (Å²) in [4.78, 5) is 12.7. The van der Waals surface area contributed by atoms with Crippen LogP contribution in [-0.2, 0) is 20.0 Å². The fourth-order valence-electron chi connectivity index (χ4n) is 3.16. The Kier molecular flexibility index (Phi) is 5.02. The van der Waals surface area contributed by atoms with Crippen molar-refractivity contribution >= 4 is 40.0 Å². The number of nitrogens with one attached hydrogen (secondary N) is 1. The van der Waals surface area contributed by atoms with E-state index in [0.717, 1.165) is 23.9 Å². The standard InChI is InChI=1S/C19H19Cl2N3O/c1-3-5-12-6-4-7-16-18(12)23(2)19(22)24(16)11-17(25)14-9-8-13(20)10-15(14)21/h4,6-10,22H,3,5,11H2,1-2H3. The fraction of sp³-hybridized carbons (Fsp3) is 0.263. The number of carbonyl (C=O) groups excluding carboxylic acids is 1. The molecule has 1 N–H and O–H groups in total. The van der Waals surface area contributed by atoms with Crippen LogP contribution in [0, 0.1) is 5.41 Å². The van der Waals surface area contributed by atoms with Crippen LogP contribution < -0.4 is 5.62 Å². The Morgan fingerprint density at radius 3 is 2.64 bits per heavy atom. The van der Waals surface area contributed by atoms with Crippen molar-refractivity contribution in [3.63, 3.8) is 0 Å². The van der Waals surface area contributed by atoms with Gasteiger partial charge in [0.05, 0.1) is 22.6 Å². The lowest BCUT2D eigenvalue weighted by Gasteiger charge is -2.07. The maximum atomic E-state index is 12.7. The minimum absolute atomic E-state index is 0.0626. The van der Waals surface area contributed by atoms with Crippen LogP contribution in [0.25, 0.3) is 11.0 Å². The van der Waals surface area contributed by atoms with Crippen molar-refractivity contribution < 1.29 is 4.79 Å². The highest BCUT2D eigenvalue weighted by Crippen LogP contribution is 2.23. The summed E-state index contributed by atoms with van der Waals surface area (Å²) in [6, 6.07) is 10.8. The molecule has 0 saturated heterocycles. The first-order chi connectivity index (χ1) is 11.9. The van der Waals surface area contributed by atoms with Crippen molar-refractivity contribution in [3.8, 4) is 0 Å². The van der Waals surface area contributed by atoms with Gasteiger partial charge in [0.15, 0.2) is 5.78 Å². The quantitative estimate of drug-likeness (QED) is 0.650. The Morgan fingerprint density at radius 2 is 1.96 bits per heavy atom. The molecule has 130 valence electrons. The molecular formula is C19H19Cl2N3O. The summed E-state index contributed by atoms with van der Waals surface area (Å²) >= 11 is 12.1. The third-order valence-corrected chi connectivity index (χ3v) is 4.90. The first kappa shape index (κ1) is 17.8. The molecule has 0 spiro atoms. The average Bonchev–Trinajstić information content (AvgIpc) is 2.81. The predicted octanol–water partition coefficient (Wildman–Crippen LogP) is 4.60. The number of rotatable bonds is 5. The Hall–Kier alpha value is -2.04. The van der Waals surface area contributed by atoms with Gasteiger partial charge in [-0.1, -0.05) is 48.7 Å². The SMILES string of the molecule is CCCc1cccc2c1n(C)c(=N)n2CC(=O)c1ccc(Cl)cc1Cl. The number of para-hydroxylation sites is 1. The van der Waals surface area contributed by atoms with Gasteiger partial charge in [0.1, 0.15) is 0 Å². The molecule has 4 nitrogen and oxygen atoms in total. The number of fused-ring (bicyclic) bond motifs is 1. The van der Waals surface area contributed by atoms with E-state index in [1.165, 1.54) is 5.56 Å². The number of nitrogens with zero attached hydrogens (tertiary/aromatic N) is 2. The Morgan fingerprint density at radius 1 is 1.20 bits per heavy atom. The monoisotopic (exact) mass is 375 g/mol. The molecule has 0 saturated carbocycles. The van der Waals surface area contributed by atoms with Crippen molar-refractivity contribution in [2.75, 3.05) is 0 Å². The molecule has 25 heavy (non-hydrogen) atoms. The fourth-order valence-corrected chi connectivity index (χ4v) is 3.67. The smallest absolute Gasteiger partial charge is 0.203 e. The van der Waals surface area contributed by atoms with Crippen LogP contribution in [0.4, 0.5) is 0 Å². The third-order valence-electron chi connectivity index (χ3n) is 4.35. The molecule has 0 aliphatic heterocycles. The van der Waals surface area contributed by atoms with E-state index in [4.69, 9.17) is 28.6 Å². The molecule has 0 bridgehead atoms. The zero-order valence-corrected chi connectivity index (χ0v) is 15.7. The second-order valence-electron chi connectivity index (χ2n) is 6.05. The zero-order chi connectivity index (χ0) is 18.1. The second-order valence-corrected chi connectivity index (χ2v) is 6.89. The van der Waals surface area contributed by atoms with Gasteiger partial charge in [-0.2, -0.15) is 0 Å². The Balaban J connectivity index is 2.07. The summed E-state index contributed by atoms with van der Waals surface area (Å²) in [5.74, 6) is -0.145. The second kappa shape index (κ2) is 7.06. The van der Waals surface area contributed by atoms with E-state index in [1.54, 1.807) is 22.8 Å². The lowest BCUT2D eigenvalue weighted by atomic mass is 10.1. The molecule has 0 fully saturated rings. The van der Waals surface area contributed by atoms with Gasteiger partial charge in [-0.05, 0) is 36.2 Å². The van der Waals surface area contributed by atoms with E-state index in [0.29, 0.717) is 15.6 Å². The maximum absolute atomic E-state index is 12.7. The van der Waals surface area contributed by atoms with Crippen molar-refractivity contribution in [3.05, 3.63) is 63.2 Å². The number of halogens is 2. The van der Waals surface area contributed by atoms with E-state index in [-0.39, 0.29) is 17.9 Å². The molecule has 0 amide bonds. The Bertz CT molecular complexity index is 1020. The van der Waals surface area contributed by atoms with E-state index in [1.807, 2.05) is 23.7 Å². The van der Waals surface area contributed by atoms with Crippen LogP contribution >= 0.6 is 23.2 Å². The molecule has 1 aromatic heterocycles. The van der Waals surface area contributed by atoms with E-state index >= 15 is 0 Å². The summed E-state index contributed by atoms with van der Waals surface area (Å²) in [6.07, 6.45) is 1.96. The van der Waals surface area contributed by atoms with Gasteiger partial charge in [-0.25, -0.2) is 0 Å². The lowest BCUT2D eigenvalue weighted by molar-refractivity contribution is 0.0971. The van der Waals surface area contributed by atoms with Crippen LogP contribution in [0.5, 0.6) is 0 Å². The molecule has 1 heterocycles. The zero-order valence-electron chi connectivity index (χ0n) is 14.1. The van der Waals surface area contributed by atoms with Crippen molar-refractivity contribution in [1.29, 1.82) is 5.41 Å². The van der Waals surface area contributed by atoms with E-state index < -0.39 is 0 Å². The summed E-state index contributed by atoms with van der Waals surface area (Å²) in [5, 5.41) is 9.24. The summed E-state index contributed by atoms with van der Waals surface area (Å²) in [6.45, 7) is 2.19. The number of hydrogen-bond donors (Lipinski definition) is 1. The maximum Gasteiger partial charge on any atom is 0.203 e. The van der Waals surface area contributed by atoms with Crippen LogP contribution in [0.2, 0.25) is 10.0 Å². The highest BCUT2D eigenvalue weighted by molar-refractivity contribution is 6.36. The van der Waals surface area contributed by atoms with Crippen LogP contribution in [0.3, 0.4) is 0 Å². The van der Waals surface area contributed by atoms with Gasteiger partial charge in [0, 0.05) is 17.6 Å². The van der Waals surface area contributed by atoms with Crippen molar-refractivity contribution in [2.24, 2.45) is 7.05 Å². The number of hydrogen-bond acceptors (Lipinski definition) is 2. The highest BCUT2D eigenvalue weighted by Gasteiger charge is 2.17. The molecule has 3 aromatic rings. The molecule has 3 rings (SSSR count).